The van der Waals surface area contributed by atoms with Crippen LogP contribution < -0.4 is 10.2 Å². The molecule has 2 aromatic rings. The van der Waals surface area contributed by atoms with Gasteiger partial charge in [-0.3, -0.25) is 9.48 Å². The maximum Gasteiger partial charge on any atom is 0.272 e. The average molecular weight is 356 g/mol. The zero-order valence-electron chi connectivity index (χ0n) is 16.3. The van der Waals surface area contributed by atoms with Crippen LogP contribution in [0, 0.1) is 6.92 Å². The van der Waals surface area contributed by atoms with E-state index in [0.717, 1.165) is 43.1 Å². The first-order valence-electron chi connectivity index (χ1n) is 9.15. The second-order valence-corrected chi connectivity index (χ2v) is 8.08. The summed E-state index contributed by atoms with van der Waals surface area (Å²) in [4.78, 5) is 14.6. The molecule has 1 saturated heterocycles. The Hall–Kier alpha value is -2.44. The molecule has 0 spiro atoms. The molecule has 2 aromatic heterocycles. The highest BCUT2D eigenvalue weighted by atomic mass is 16.2. The fourth-order valence-corrected chi connectivity index (χ4v) is 3.13. The van der Waals surface area contributed by atoms with Gasteiger partial charge in [0.1, 0.15) is 5.69 Å². The van der Waals surface area contributed by atoms with Crippen molar-refractivity contribution < 1.29 is 4.79 Å². The quantitative estimate of drug-likeness (QED) is 0.912. The van der Waals surface area contributed by atoms with Gasteiger partial charge in [0.2, 0.25) is 0 Å². The lowest BCUT2D eigenvalue weighted by atomic mass is 9.92. The van der Waals surface area contributed by atoms with Gasteiger partial charge in [-0.1, -0.05) is 20.8 Å². The van der Waals surface area contributed by atoms with E-state index >= 15 is 0 Å². The van der Waals surface area contributed by atoms with Gasteiger partial charge in [0, 0.05) is 37.3 Å². The Morgan fingerprint density at radius 2 is 2.04 bits per heavy atom. The molecule has 1 atom stereocenters. The van der Waals surface area contributed by atoms with Gasteiger partial charge in [0.25, 0.3) is 5.91 Å². The van der Waals surface area contributed by atoms with Crippen LogP contribution in [0.4, 0.5) is 5.82 Å². The molecule has 1 unspecified atom stereocenters. The molecule has 26 heavy (non-hydrogen) atoms. The zero-order chi connectivity index (χ0) is 18.9. The number of nitrogens with zero attached hydrogens (tertiary/aromatic N) is 5. The summed E-state index contributed by atoms with van der Waals surface area (Å²) in [6.07, 6.45) is 1.97. The van der Waals surface area contributed by atoms with Gasteiger partial charge in [0.05, 0.1) is 5.69 Å². The number of aryl methyl sites for hydroxylation is 2. The van der Waals surface area contributed by atoms with Crippen LogP contribution in [0.3, 0.4) is 0 Å². The Morgan fingerprint density at radius 3 is 2.62 bits per heavy atom. The lowest BCUT2D eigenvalue weighted by Crippen LogP contribution is -2.48. The fourth-order valence-electron chi connectivity index (χ4n) is 3.13. The molecule has 1 fully saturated rings. The minimum Gasteiger partial charge on any atom is -0.353 e. The van der Waals surface area contributed by atoms with Crippen molar-refractivity contribution >= 4 is 11.7 Å². The summed E-state index contributed by atoms with van der Waals surface area (Å²) in [6.45, 7) is 9.99. The highest BCUT2D eigenvalue weighted by Gasteiger charge is 2.24. The van der Waals surface area contributed by atoms with Gasteiger partial charge >= 0.3 is 0 Å². The van der Waals surface area contributed by atoms with E-state index in [4.69, 9.17) is 0 Å². The molecule has 0 saturated carbocycles. The normalized spacial score (nSPS) is 18.0. The van der Waals surface area contributed by atoms with Crippen molar-refractivity contribution in [3.8, 4) is 0 Å². The van der Waals surface area contributed by atoms with Crippen LogP contribution >= 0.6 is 0 Å². The molecule has 3 heterocycles. The van der Waals surface area contributed by atoms with Crippen molar-refractivity contribution in [3.05, 3.63) is 35.3 Å². The molecule has 3 rings (SSSR count). The van der Waals surface area contributed by atoms with Gasteiger partial charge < -0.3 is 10.2 Å². The van der Waals surface area contributed by atoms with Crippen LogP contribution in [0.1, 0.15) is 55.5 Å². The zero-order valence-corrected chi connectivity index (χ0v) is 16.3. The number of hydrogen-bond acceptors (Lipinski definition) is 5. The number of aromatic nitrogens is 4. The topological polar surface area (TPSA) is 75.9 Å². The van der Waals surface area contributed by atoms with E-state index < -0.39 is 0 Å². The van der Waals surface area contributed by atoms with Crippen LogP contribution in [0.15, 0.2) is 18.2 Å². The summed E-state index contributed by atoms with van der Waals surface area (Å²) in [5, 5.41) is 16.1. The van der Waals surface area contributed by atoms with Gasteiger partial charge in [-0.05, 0) is 38.0 Å². The summed E-state index contributed by atoms with van der Waals surface area (Å²) in [5.74, 6) is 0.750. The minimum absolute atomic E-state index is 0.00917. The molecule has 1 aliphatic heterocycles. The Bertz CT molecular complexity index is 755. The van der Waals surface area contributed by atoms with Crippen molar-refractivity contribution in [2.75, 3.05) is 18.0 Å². The third-order valence-electron chi connectivity index (χ3n) is 4.85. The summed E-state index contributed by atoms with van der Waals surface area (Å²) in [5.41, 5.74) is 2.41. The van der Waals surface area contributed by atoms with E-state index in [1.54, 1.807) is 4.68 Å². The summed E-state index contributed by atoms with van der Waals surface area (Å²) >= 11 is 0. The predicted molar refractivity (Wildman–Crippen MR) is 101 cm³/mol. The Labute approximate surface area is 154 Å². The average Bonchev–Trinajstić information content (AvgIpc) is 2.94. The third-order valence-corrected chi connectivity index (χ3v) is 4.85. The van der Waals surface area contributed by atoms with Crippen molar-refractivity contribution in [1.82, 2.24) is 25.3 Å². The predicted octanol–water partition coefficient (Wildman–Crippen LogP) is 2.21. The van der Waals surface area contributed by atoms with E-state index in [0.29, 0.717) is 5.69 Å². The number of nitrogens with one attached hydrogen (secondary N) is 1. The van der Waals surface area contributed by atoms with Crippen LogP contribution in [-0.2, 0) is 12.5 Å². The molecule has 1 N–H and O–H groups in total. The molecule has 7 nitrogen and oxygen atoms in total. The Morgan fingerprint density at radius 1 is 1.27 bits per heavy atom. The van der Waals surface area contributed by atoms with Gasteiger partial charge in [0.15, 0.2) is 5.82 Å². The molecular weight excluding hydrogens is 328 g/mol. The molecule has 0 aromatic carbocycles. The molecule has 0 bridgehead atoms. The molecule has 140 valence electrons. The van der Waals surface area contributed by atoms with Crippen molar-refractivity contribution in [1.29, 1.82) is 0 Å². The highest BCUT2D eigenvalue weighted by Crippen LogP contribution is 2.22. The van der Waals surface area contributed by atoms with Gasteiger partial charge in [-0.15, -0.1) is 5.10 Å². The number of amides is 1. The Kier molecular flexibility index (Phi) is 4.98. The molecule has 7 heteroatoms. The summed E-state index contributed by atoms with van der Waals surface area (Å²) < 4.78 is 1.72. The van der Waals surface area contributed by atoms with Crippen LogP contribution in [0.2, 0.25) is 0 Å². The smallest absolute Gasteiger partial charge is 0.272 e. The molecule has 1 aliphatic rings. The number of carbonyl (C=O) groups is 1. The first-order valence-corrected chi connectivity index (χ1v) is 9.15. The molecule has 1 amide bonds. The van der Waals surface area contributed by atoms with E-state index in [-0.39, 0.29) is 17.4 Å². The van der Waals surface area contributed by atoms with Crippen molar-refractivity contribution in [2.24, 2.45) is 7.05 Å². The van der Waals surface area contributed by atoms with E-state index in [9.17, 15) is 4.79 Å². The van der Waals surface area contributed by atoms with Crippen LogP contribution in [0.25, 0.3) is 0 Å². The lowest BCUT2D eigenvalue weighted by molar-refractivity contribution is 0.0927. The van der Waals surface area contributed by atoms with Crippen molar-refractivity contribution in [2.45, 2.75) is 52.0 Å². The minimum atomic E-state index is -0.116. The van der Waals surface area contributed by atoms with Crippen LogP contribution in [-0.4, -0.2) is 45.0 Å². The monoisotopic (exact) mass is 356 g/mol. The third kappa shape index (κ3) is 4.03. The van der Waals surface area contributed by atoms with Gasteiger partial charge in [-0.2, -0.15) is 10.2 Å². The SMILES string of the molecule is Cc1cc(C(=O)NC2CCCN(c3ccc(C(C)(C)C)nn3)C2)nn1C. The number of rotatable bonds is 3. The largest absolute Gasteiger partial charge is 0.353 e. The van der Waals surface area contributed by atoms with E-state index in [2.05, 4.69) is 46.3 Å². The first kappa shape index (κ1) is 18.4. The van der Waals surface area contributed by atoms with Gasteiger partial charge in [-0.25, -0.2) is 0 Å². The standard InChI is InChI=1S/C19H28N6O/c1-13-11-15(23-24(13)5)18(26)20-14-7-6-10-25(12-14)17-9-8-16(21-22-17)19(2,3)4/h8-9,11,14H,6-7,10,12H2,1-5H3,(H,20,26). The molecule has 0 aliphatic carbocycles. The Balaban J connectivity index is 1.64. The number of carbonyl (C=O) groups excluding carboxylic acids is 1. The molecular formula is C19H28N6O. The molecule has 0 radical (unpaired) electrons. The maximum absolute atomic E-state index is 12.4. The summed E-state index contributed by atoms with van der Waals surface area (Å²) in [6, 6.07) is 5.97. The number of anilines is 1. The fraction of sp³-hybridized carbons (Fsp3) is 0.579. The van der Waals surface area contributed by atoms with Crippen molar-refractivity contribution in [3.63, 3.8) is 0 Å². The lowest BCUT2D eigenvalue weighted by Gasteiger charge is -2.33. The second-order valence-electron chi connectivity index (χ2n) is 8.08. The number of hydrogen-bond donors (Lipinski definition) is 1. The van der Waals surface area contributed by atoms with E-state index in [1.165, 1.54) is 0 Å². The van der Waals surface area contributed by atoms with Crippen LogP contribution in [0.5, 0.6) is 0 Å². The summed E-state index contributed by atoms with van der Waals surface area (Å²) in [7, 11) is 1.84. The highest BCUT2D eigenvalue weighted by molar-refractivity contribution is 5.92. The van der Waals surface area contributed by atoms with E-state index in [1.807, 2.05) is 32.2 Å². The number of piperidine rings is 1. The maximum atomic E-state index is 12.4. The first-order chi connectivity index (χ1) is 12.2. The second kappa shape index (κ2) is 7.05.